The average Bonchev–Trinajstić information content (AvgIpc) is 3.21. The molecule has 0 bridgehead atoms. The van der Waals surface area contributed by atoms with Crippen LogP contribution < -0.4 is 10.9 Å². The molecule has 7 heteroatoms. The van der Waals surface area contributed by atoms with Gasteiger partial charge in [0, 0.05) is 11.9 Å². The fourth-order valence-electron chi connectivity index (χ4n) is 3.25. The molecule has 0 saturated heterocycles. The van der Waals surface area contributed by atoms with Crippen molar-refractivity contribution in [1.29, 1.82) is 0 Å². The summed E-state index contributed by atoms with van der Waals surface area (Å²) in [5, 5.41) is 3.93. The SMILES string of the molecule is CNC(=O)CSc1nc2sc3c(c2c(=O)n1-c1ccc(C)cc1)CCC3. The van der Waals surface area contributed by atoms with E-state index in [0.29, 0.717) is 5.16 Å². The predicted octanol–water partition coefficient (Wildman–Crippen LogP) is 3.08. The van der Waals surface area contributed by atoms with E-state index in [1.165, 1.54) is 22.2 Å². The third-order valence-electron chi connectivity index (χ3n) is 4.61. The Morgan fingerprint density at radius 1 is 1.31 bits per heavy atom. The molecule has 2 aromatic heterocycles. The number of aryl methyl sites for hydroxylation is 3. The maximum atomic E-state index is 13.4. The van der Waals surface area contributed by atoms with E-state index >= 15 is 0 Å². The fraction of sp³-hybridized carbons (Fsp3) is 0.316. The average molecular weight is 386 g/mol. The second-order valence-electron chi connectivity index (χ2n) is 6.37. The lowest BCUT2D eigenvalue weighted by molar-refractivity contribution is -0.118. The first kappa shape index (κ1) is 17.3. The van der Waals surface area contributed by atoms with Gasteiger partial charge < -0.3 is 5.32 Å². The van der Waals surface area contributed by atoms with E-state index in [2.05, 4.69) is 5.32 Å². The van der Waals surface area contributed by atoms with Crippen molar-refractivity contribution in [2.45, 2.75) is 31.3 Å². The number of amides is 1. The minimum atomic E-state index is -0.0894. The summed E-state index contributed by atoms with van der Waals surface area (Å²) in [7, 11) is 1.61. The van der Waals surface area contributed by atoms with Gasteiger partial charge in [-0.15, -0.1) is 11.3 Å². The molecule has 134 valence electrons. The maximum Gasteiger partial charge on any atom is 0.267 e. The molecule has 0 spiro atoms. The van der Waals surface area contributed by atoms with Crippen molar-refractivity contribution in [2.24, 2.45) is 0 Å². The summed E-state index contributed by atoms with van der Waals surface area (Å²) >= 11 is 2.92. The van der Waals surface area contributed by atoms with Crippen LogP contribution >= 0.6 is 23.1 Å². The number of nitrogens with one attached hydrogen (secondary N) is 1. The Balaban J connectivity index is 1.92. The maximum absolute atomic E-state index is 13.4. The topological polar surface area (TPSA) is 64.0 Å². The number of rotatable bonds is 4. The van der Waals surface area contributed by atoms with Gasteiger partial charge in [0.2, 0.25) is 5.91 Å². The number of thioether (sulfide) groups is 1. The highest BCUT2D eigenvalue weighted by molar-refractivity contribution is 7.99. The van der Waals surface area contributed by atoms with Gasteiger partial charge in [-0.1, -0.05) is 29.5 Å². The first-order chi connectivity index (χ1) is 12.6. The lowest BCUT2D eigenvalue weighted by Gasteiger charge is -2.12. The van der Waals surface area contributed by atoms with Gasteiger partial charge >= 0.3 is 0 Å². The van der Waals surface area contributed by atoms with Crippen LogP contribution in [0.4, 0.5) is 0 Å². The molecule has 1 aliphatic rings. The first-order valence-corrected chi connectivity index (χ1v) is 10.4. The molecule has 5 nitrogen and oxygen atoms in total. The van der Waals surface area contributed by atoms with Crippen LogP contribution in [0.25, 0.3) is 15.9 Å². The standard InChI is InChI=1S/C19H19N3O2S2/c1-11-6-8-12(9-7-11)22-18(24)16-13-4-3-5-14(13)26-17(16)21-19(22)25-10-15(23)20-2/h6-9H,3-5,10H2,1-2H3,(H,20,23). The monoisotopic (exact) mass is 385 g/mol. The van der Waals surface area contributed by atoms with Gasteiger partial charge in [-0.25, -0.2) is 4.98 Å². The summed E-state index contributed by atoms with van der Waals surface area (Å²) in [5.41, 5.74) is 3.06. The van der Waals surface area contributed by atoms with Gasteiger partial charge in [-0.05, 0) is 43.9 Å². The van der Waals surface area contributed by atoms with Crippen LogP contribution in [0.2, 0.25) is 0 Å². The van der Waals surface area contributed by atoms with Gasteiger partial charge in [0.1, 0.15) is 4.83 Å². The van der Waals surface area contributed by atoms with E-state index in [1.807, 2.05) is 31.2 Å². The number of fused-ring (bicyclic) bond motifs is 3. The molecule has 4 rings (SSSR count). The minimum absolute atomic E-state index is 0.0299. The Kier molecular flexibility index (Phi) is 4.58. The first-order valence-electron chi connectivity index (χ1n) is 8.56. The summed E-state index contributed by atoms with van der Waals surface area (Å²) in [4.78, 5) is 31.9. The highest BCUT2D eigenvalue weighted by Gasteiger charge is 2.24. The van der Waals surface area contributed by atoms with Crippen molar-refractivity contribution < 1.29 is 4.79 Å². The molecular formula is C19H19N3O2S2. The van der Waals surface area contributed by atoms with E-state index in [-0.39, 0.29) is 17.2 Å². The van der Waals surface area contributed by atoms with Gasteiger partial charge in [0.05, 0.1) is 16.8 Å². The predicted molar refractivity (Wildman–Crippen MR) is 107 cm³/mol. The zero-order valence-corrected chi connectivity index (χ0v) is 16.3. The van der Waals surface area contributed by atoms with Crippen LogP contribution in [0.5, 0.6) is 0 Å². The number of nitrogens with zero attached hydrogens (tertiary/aromatic N) is 2. The van der Waals surface area contributed by atoms with Crippen molar-refractivity contribution >= 4 is 39.2 Å². The number of carbonyl (C=O) groups excluding carboxylic acids is 1. The molecule has 0 unspecified atom stereocenters. The van der Waals surface area contributed by atoms with E-state index in [4.69, 9.17) is 4.98 Å². The van der Waals surface area contributed by atoms with E-state index < -0.39 is 0 Å². The molecular weight excluding hydrogens is 366 g/mol. The minimum Gasteiger partial charge on any atom is -0.358 e. The van der Waals surface area contributed by atoms with Crippen LogP contribution in [0.15, 0.2) is 34.2 Å². The molecule has 0 saturated carbocycles. The Bertz CT molecular complexity index is 1050. The smallest absolute Gasteiger partial charge is 0.267 e. The Labute approximate surface area is 159 Å². The normalized spacial score (nSPS) is 13.2. The largest absolute Gasteiger partial charge is 0.358 e. The molecule has 3 aromatic rings. The summed E-state index contributed by atoms with van der Waals surface area (Å²) in [5.74, 6) is 0.138. The lowest BCUT2D eigenvalue weighted by Crippen LogP contribution is -2.24. The Morgan fingerprint density at radius 3 is 2.81 bits per heavy atom. The zero-order valence-electron chi connectivity index (χ0n) is 14.7. The van der Waals surface area contributed by atoms with Crippen LogP contribution in [-0.4, -0.2) is 28.3 Å². The van der Waals surface area contributed by atoms with Gasteiger partial charge in [-0.3, -0.25) is 14.2 Å². The second kappa shape index (κ2) is 6.89. The van der Waals surface area contributed by atoms with Crippen LogP contribution in [-0.2, 0) is 17.6 Å². The quantitative estimate of drug-likeness (QED) is 0.554. The number of aromatic nitrogens is 2. The summed E-state index contributed by atoms with van der Waals surface area (Å²) in [6.07, 6.45) is 3.08. The van der Waals surface area contributed by atoms with Crippen molar-refractivity contribution in [3.05, 3.63) is 50.6 Å². The number of hydrogen-bond donors (Lipinski definition) is 1. The summed E-state index contributed by atoms with van der Waals surface area (Å²) < 4.78 is 1.65. The Hall–Kier alpha value is -2.12. The third kappa shape index (κ3) is 2.95. The number of benzene rings is 1. The molecule has 2 heterocycles. The number of thiophene rings is 1. The fourth-order valence-corrected chi connectivity index (χ4v) is 5.43. The summed E-state index contributed by atoms with van der Waals surface area (Å²) in [6.45, 7) is 2.01. The highest BCUT2D eigenvalue weighted by Crippen LogP contribution is 2.36. The van der Waals surface area contributed by atoms with Crippen molar-refractivity contribution in [1.82, 2.24) is 14.9 Å². The van der Waals surface area contributed by atoms with E-state index in [9.17, 15) is 9.59 Å². The van der Waals surface area contributed by atoms with E-state index in [1.54, 1.807) is 23.0 Å². The molecule has 1 aliphatic carbocycles. The molecule has 0 aliphatic heterocycles. The highest BCUT2D eigenvalue weighted by atomic mass is 32.2. The van der Waals surface area contributed by atoms with Gasteiger partial charge in [-0.2, -0.15) is 0 Å². The van der Waals surface area contributed by atoms with Crippen molar-refractivity contribution in [3.63, 3.8) is 0 Å². The third-order valence-corrected chi connectivity index (χ3v) is 6.74. The molecule has 1 aromatic carbocycles. The molecule has 26 heavy (non-hydrogen) atoms. The van der Waals surface area contributed by atoms with Gasteiger partial charge in [0.25, 0.3) is 5.56 Å². The molecule has 0 radical (unpaired) electrons. The van der Waals surface area contributed by atoms with Crippen LogP contribution in [0.1, 0.15) is 22.4 Å². The molecule has 0 atom stereocenters. The van der Waals surface area contributed by atoms with Crippen LogP contribution in [0.3, 0.4) is 0 Å². The molecule has 1 amide bonds. The summed E-state index contributed by atoms with van der Waals surface area (Å²) in [6, 6.07) is 7.83. The van der Waals surface area contributed by atoms with Gasteiger partial charge in [0.15, 0.2) is 5.16 Å². The second-order valence-corrected chi connectivity index (χ2v) is 8.40. The Morgan fingerprint density at radius 2 is 2.08 bits per heavy atom. The zero-order chi connectivity index (χ0) is 18.3. The lowest BCUT2D eigenvalue weighted by atomic mass is 10.2. The number of carbonyl (C=O) groups is 1. The molecule has 0 fully saturated rings. The van der Waals surface area contributed by atoms with Crippen molar-refractivity contribution in [2.75, 3.05) is 12.8 Å². The number of hydrogen-bond acceptors (Lipinski definition) is 5. The molecule has 1 N–H and O–H groups in total. The van der Waals surface area contributed by atoms with E-state index in [0.717, 1.165) is 40.7 Å². The van der Waals surface area contributed by atoms with Crippen LogP contribution in [0, 0.1) is 6.92 Å². The van der Waals surface area contributed by atoms with Crippen molar-refractivity contribution in [3.8, 4) is 5.69 Å².